The van der Waals surface area contributed by atoms with E-state index in [1.807, 2.05) is 0 Å². The summed E-state index contributed by atoms with van der Waals surface area (Å²) in [5.74, 6) is 1.39. The molecule has 0 atom stereocenters. The van der Waals surface area contributed by atoms with E-state index >= 15 is 0 Å². The van der Waals surface area contributed by atoms with Crippen molar-refractivity contribution in [3.8, 4) is 0 Å². The lowest BCUT2D eigenvalue weighted by atomic mass is 10.2. The molecule has 0 saturated carbocycles. The van der Waals surface area contributed by atoms with Crippen LogP contribution in [-0.2, 0) is 6.54 Å². The second-order valence-corrected chi connectivity index (χ2v) is 6.27. The fraction of sp³-hybridized carbons (Fsp3) is 0.429. The number of benzene rings is 1. The van der Waals surface area contributed by atoms with E-state index < -0.39 is 0 Å². The number of hydrogen-bond acceptors (Lipinski definition) is 2. The Morgan fingerprint density at radius 3 is 2.89 bits per heavy atom. The molecular weight excluding hydrogens is 285 g/mol. The molecule has 0 aliphatic heterocycles. The van der Waals surface area contributed by atoms with E-state index in [0.717, 1.165) is 13.1 Å². The Hall–Kier alpha value is -0.150. The van der Waals surface area contributed by atoms with Gasteiger partial charge >= 0.3 is 0 Å². The van der Waals surface area contributed by atoms with E-state index in [4.69, 9.17) is 23.2 Å². The number of rotatable bonds is 7. The lowest BCUT2D eigenvalue weighted by Crippen LogP contribution is -2.18. The van der Waals surface area contributed by atoms with E-state index in [0.29, 0.717) is 16.7 Å². The Labute approximate surface area is 124 Å². The van der Waals surface area contributed by atoms with Crippen molar-refractivity contribution in [2.75, 3.05) is 12.3 Å². The average Bonchev–Trinajstić information content (AvgIpc) is 2.36. The van der Waals surface area contributed by atoms with Crippen LogP contribution >= 0.6 is 35.0 Å². The van der Waals surface area contributed by atoms with Gasteiger partial charge in [0.15, 0.2) is 0 Å². The highest BCUT2D eigenvalue weighted by molar-refractivity contribution is 7.99. The minimum atomic E-state index is 0.671. The fourth-order valence-electron chi connectivity index (χ4n) is 1.43. The van der Waals surface area contributed by atoms with Crippen LogP contribution in [0.3, 0.4) is 0 Å². The van der Waals surface area contributed by atoms with Crippen molar-refractivity contribution in [3.05, 3.63) is 40.4 Å². The summed E-state index contributed by atoms with van der Waals surface area (Å²) >= 11 is 13.1. The van der Waals surface area contributed by atoms with Crippen molar-refractivity contribution in [3.63, 3.8) is 0 Å². The first-order valence-electron chi connectivity index (χ1n) is 5.99. The zero-order valence-corrected chi connectivity index (χ0v) is 13.1. The summed E-state index contributed by atoms with van der Waals surface area (Å²) in [6, 6.07) is 8.49. The van der Waals surface area contributed by atoms with Gasteiger partial charge in [-0.3, -0.25) is 0 Å². The normalized spacial score (nSPS) is 12.2. The highest BCUT2D eigenvalue weighted by Gasteiger charge is 1.99. The fourth-order valence-corrected chi connectivity index (χ4v) is 2.56. The Morgan fingerprint density at radius 2 is 2.22 bits per heavy atom. The first-order chi connectivity index (χ1) is 8.61. The van der Waals surface area contributed by atoms with Crippen LogP contribution < -0.4 is 5.32 Å². The average molecular weight is 304 g/mol. The van der Waals surface area contributed by atoms with Crippen molar-refractivity contribution >= 4 is 35.0 Å². The van der Waals surface area contributed by atoms with Crippen LogP contribution in [0.1, 0.15) is 19.4 Å². The molecule has 0 aliphatic carbocycles. The molecule has 0 bridgehead atoms. The van der Waals surface area contributed by atoms with Gasteiger partial charge in [0, 0.05) is 27.8 Å². The Kier molecular flexibility index (Phi) is 7.84. The van der Waals surface area contributed by atoms with Gasteiger partial charge in [-0.25, -0.2) is 0 Å². The minimum absolute atomic E-state index is 0.671. The lowest BCUT2D eigenvalue weighted by molar-refractivity contribution is 0.552. The molecule has 1 aromatic carbocycles. The Bertz CT molecular complexity index is 391. The van der Waals surface area contributed by atoms with Crippen LogP contribution in [0.15, 0.2) is 39.7 Å². The minimum Gasteiger partial charge on any atom is -0.312 e. The maximum atomic E-state index is 5.87. The lowest BCUT2D eigenvalue weighted by Gasteiger charge is -2.08. The first kappa shape index (κ1) is 15.9. The molecule has 1 rings (SSSR count). The van der Waals surface area contributed by atoms with Crippen molar-refractivity contribution in [2.24, 2.45) is 5.92 Å². The van der Waals surface area contributed by atoms with Crippen LogP contribution in [0, 0.1) is 5.92 Å². The summed E-state index contributed by atoms with van der Waals surface area (Å²) in [5, 5.41) is 4.11. The quantitative estimate of drug-likeness (QED) is 0.723. The van der Waals surface area contributed by atoms with Crippen LogP contribution in [0.25, 0.3) is 0 Å². The molecule has 4 heteroatoms. The molecule has 0 unspecified atom stereocenters. The molecule has 0 spiro atoms. The standard InChI is InChI=1S/C14H19Cl2NS/c1-11(2)8-17-9-12-4-3-5-14(6-12)18-10-13(16)7-15/h3-7,11,17H,8-10H2,1-2H3. The van der Waals surface area contributed by atoms with Gasteiger partial charge in [-0.2, -0.15) is 0 Å². The summed E-state index contributed by atoms with van der Waals surface area (Å²) < 4.78 is 0. The predicted molar refractivity (Wildman–Crippen MR) is 83.5 cm³/mol. The molecule has 18 heavy (non-hydrogen) atoms. The van der Waals surface area contributed by atoms with Crippen molar-refractivity contribution in [1.29, 1.82) is 0 Å². The summed E-state index contributed by atoms with van der Waals surface area (Å²) in [5.41, 5.74) is 2.72. The van der Waals surface area contributed by atoms with Crippen LogP contribution in [0.5, 0.6) is 0 Å². The van der Waals surface area contributed by atoms with Crippen molar-refractivity contribution < 1.29 is 0 Å². The van der Waals surface area contributed by atoms with Gasteiger partial charge in [-0.05, 0) is 30.2 Å². The first-order valence-corrected chi connectivity index (χ1v) is 7.79. The van der Waals surface area contributed by atoms with Gasteiger partial charge < -0.3 is 5.32 Å². The van der Waals surface area contributed by atoms with E-state index in [1.165, 1.54) is 16.0 Å². The van der Waals surface area contributed by atoms with E-state index in [9.17, 15) is 0 Å². The van der Waals surface area contributed by atoms with Gasteiger partial charge in [0.2, 0.25) is 0 Å². The predicted octanol–water partition coefficient (Wildman–Crippen LogP) is 4.84. The summed E-state index contributed by atoms with van der Waals surface area (Å²) in [7, 11) is 0. The third kappa shape index (κ3) is 6.69. The second-order valence-electron chi connectivity index (χ2n) is 4.52. The molecule has 0 heterocycles. The smallest absolute Gasteiger partial charge is 0.0396 e. The highest BCUT2D eigenvalue weighted by Crippen LogP contribution is 2.23. The van der Waals surface area contributed by atoms with E-state index in [-0.39, 0.29) is 0 Å². The molecular formula is C14H19Cl2NS. The zero-order valence-electron chi connectivity index (χ0n) is 10.7. The van der Waals surface area contributed by atoms with Crippen LogP contribution in [0.2, 0.25) is 0 Å². The van der Waals surface area contributed by atoms with Gasteiger partial charge in [-0.1, -0.05) is 49.2 Å². The molecule has 0 aliphatic rings. The molecule has 100 valence electrons. The molecule has 1 N–H and O–H groups in total. The second kappa shape index (κ2) is 8.87. The van der Waals surface area contributed by atoms with Gasteiger partial charge in [0.25, 0.3) is 0 Å². The topological polar surface area (TPSA) is 12.0 Å². The van der Waals surface area contributed by atoms with Crippen LogP contribution in [0.4, 0.5) is 0 Å². The SMILES string of the molecule is CC(C)CNCc1cccc(SCC(Cl)=CCl)c1. The molecule has 0 aromatic heterocycles. The monoisotopic (exact) mass is 303 g/mol. The number of nitrogens with one attached hydrogen (secondary N) is 1. The number of thioether (sulfide) groups is 1. The molecule has 1 nitrogen and oxygen atoms in total. The molecule has 0 fully saturated rings. The maximum Gasteiger partial charge on any atom is 0.0396 e. The summed E-state index contributed by atoms with van der Waals surface area (Å²) in [6.07, 6.45) is 0. The molecule has 0 amide bonds. The van der Waals surface area contributed by atoms with Gasteiger partial charge in [0.05, 0.1) is 0 Å². The van der Waals surface area contributed by atoms with Gasteiger partial charge in [0.1, 0.15) is 0 Å². The summed E-state index contributed by atoms with van der Waals surface area (Å²) in [6.45, 7) is 6.36. The highest BCUT2D eigenvalue weighted by atomic mass is 35.5. The molecule has 1 aromatic rings. The van der Waals surface area contributed by atoms with E-state index in [2.05, 4.69) is 43.4 Å². The Balaban J connectivity index is 2.46. The van der Waals surface area contributed by atoms with Gasteiger partial charge in [-0.15, -0.1) is 11.8 Å². The third-order valence-corrected chi connectivity index (χ3v) is 4.09. The molecule has 0 radical (unpaired) electrons. The maximum absolute atomic E-state index is 5.87. The van der Waals surface area contributed by atoms with Crippen molar-refractivity contribution in [2.45, 2.75) is 25.3 Å². The van der Waals surface area contributed by atoms with Crippen LogP contribution in [-0.4, -0.2) is 12.3 Å². The largest absolute Gasteiger partial charge is 0.312 e. The zero-order chi connectivity index (χ0) is 13.4. The number of halogens is 2. The Morgan fingerprint density at radius 1 is 1.44 bits per heavy atom. The van der Waals surface area contributed by atoms with E-state index in [1.54, 1.807) is 11.8 Å². The van der Waals surface area contributed by atoms with Crippen molar-refractivity contribution in [1.82, 2.24) is 5.32 Å². The summed E-state index contributed by atoms with van der Waals surface area (Å²) in [4.78, 5) is 1.22. The number of hydrogen-bond donors (Lipinski definition) is 1. The third-order valence-electron chi connectivity index (χ3n) is 2.28. The molecule has 0 saturated heterocycles.